The van der Waals surface area contributed by atoms with Gasteiger partial charge >= 0.3 is 0 Å². The van der Waals surface area contributed by atoms with Crippen molar-refractivity contribution in [3.8, 4) is 0 Å². The van der Waals surface area contributed by atoms with Crippen LogP contribution in [0.15, 0.2) is 83.7 Å². The van der Waals surface area contributed by atoms with Crippen LogP contribution in [-0.2, 0) is 9.59 Å². The molecule has 2 heterocycles. The largest absolute Gasteiger partial charge is 0.323 e. The van der Waals surface area contributed by atoms with Gasteiger partial charge in [0.05, 0.1) is 17.1 Å². The van der Waals surface area contributed by atoms with E-state index < -0.39 is 17.5 Å². The van der Waals surface area contributed by atoms with Gasteiger partial charge in [-0.05, 0) is 42.0 Å². The fourth-order valence-corrected chi connectivity index (χ4v) is 3.74. The highest BCUT2D eigenvalue weighted by Crippen LogP contribution is 2.29. The third kappa shape index (κ3) is 4.89. The number of nitrogens with one attached hydrogen (secondary N) is 1. The molecule has 0 radical (unpaired) electrons. The summed E-state index contributed by atoms with van der Waals surface area (Å²) in [5, 5.41) is 2.71. The van der Waals surface area contributed by atoms with E-state index >= 15 is 0 Å². The molecule has 0 spiro atoms. The number of aliphatic imine (C=N–C) groups is 1. The minimum absolute atomic E-state index is 0.126. The summed E-state index contributed by atoms with van der Waals surface area (Å²) in [4.78, 5) is 35.2. The zero-order valence-electron chi connectivity index (χ0n) is 16.5. The lowest BCUT2D eigenvalue weighted by molar-refractivity contribution is -0.114. The van der Waals surface area contributed by atoms with Crippen molar-refractivity contribution in [1.82, 2.24) is 4.98 Å². The van der Waals surface area contributed by atoms with Gasteiger partial charge in [0.15, 0.2) is 5.17 Å². The Morgan fingerprint density at radius 1 is 1.09 bits per heavy atom. The van der Waals surface area contributed by atoms with Crippen LogP contribution in [0.5, 0.6) is 0 Å². The predicted octanol–water partition coefficient (Wildman–Crippen LogP) is 4.48. The molecule has 32 heavy (non-hydrogen) atoms. The summed E-state index contributed by atoms with van der Waals surface area (Å²) < 4.78 is 26.8. The van der Waals surface area contributed by atoms with Gasteiger partial charge in [-0.15, -0.1) is 0 Å². The topological polar surface area (TPSA) is 74.7 Å². The van der Waals surface area contributed by atoms with Crippen molar-refractivity contribution >= 4 is 46.2 Å². The van der Waals surface area contributed by atoms with Crippen molar-refractivity contribution in [3.05, 3.63) is 96.0 Å². The fourth-order valence-electron chi connectivity index (χ4n) is 2.92. The quantitative estimate of drug-likeness (QED) is 0.582. The highest BCUT2D eigenvalue weighted by atomic mass is 32.2. The van der Waals surface area contributed by atoms with E-state index in [1.807, 2.05) is 6.07 Å². The summed E-state index contributed by atoms with van der Waals surface area (Å²) in [6.07, 6.45) is 4.85. The summed E-state index contributed by atoms with van der Waals surface area (Å²) in [5.41, 5.74) is 1.39. The van der Waals surface area contributed by atoms with E-state index in [1.165, 1.54) is 4.90 Å². The van der Waals surface area contributed by atoms with E-state index in [0.717, 1.165) is 23.9 Å². The molecule has 6 nitrogen and oxygen atoms in total. The number of carbonyl (C=O) groups excluding carboxylic acids is 2. The van der Waals surface area contributed by atoms with Crippen molar-refractivity contribution < 1.29 is 18.4 Å². The van der Waals surface area contributed by atoms with Gasteiger partial charge in [0, 0.05) is 18.5 Å². The number of rotatable bonds is 5. The first-order chi connectivity index (χ1) is 15.5. The Kier molecular flexibility index (Phi) is 6.37. The first-order valence-corrected chi connectivity index (χ1v) is 10.5. The SMILES string of the molecule is O=C(CSC1=N/C(=C/c2cccnc2)C(=O)N1c1ccccc1)Nc1ccc(F)cc1F. The van der Waals surface area contributed by atoms with Crippen molar-refractivity contribution in [1.29, 1.82) is 0 Å². The maximum Gasteiger partial charge on any atom is 0.283 e. The van der Waals surface area contributed by atoms with Crippen LogP contribution in [0, 0.1) is 11.6 Å². The molecule has 1 aliphatic heterocycles. The number of benzene rings is 2. The number of amidine groups is 1. The molecule has 2 aromatic carbocycles. The molecule has 1 aliphatic rings. The number of pyridine rings is 1. The highest BCUT2D eigenvalue weighted by molar-refractivity contribution is 8.14. The molecule has 2 amide bonds. The monoisotopic (exact) mass is 450 g/mol. The average Bonchev–Trinajstić information content (AvgIpc) is 3.10. The van der Waals surface area contributed by atoms with E-state index in [2.05, 4.69) is 15.3 Å². The molecule has 0 atom stereocenters. The van der Waals surface area contributed by atoms with Crippen LogP contribution < -0.4 is 10.2 Å². The lowest BCUT2D eigenvalue weighted by atomic mass is 10.2. The maximum atomic E-state index is 13.8. The first kappa shape index (κ1) is 21.4. The zero-order chi connectivity index (χ0) is 22.5. The second-order valence-electron chi connectivity index (χ2n) is 6.65. The Balaban J connectivity index is 1.54. The number of nitrogens with zero attached hydrogens (tertiary/aromatic N) is 3. The molecule has 9 heteroatoms. The number of carbonyl (C=O) groups is 2. The molecule has 0 fully saturated rings. The Bertz CT molecular complexity index is 1220. The van der Waals surface area contributed by atoms with Gasteiger partial charge < -0.3 is 5.32 Å². The van der Waals surface area contributed by atoms with Gasteiger partial charge in [0.1, 0.15) is 17.3 Å². The summed E-state index contributed by atoms with van der Waals surface area (Å²) in [6, 6.07) is 15.4. The molecule has 4 rings (SSSR count). The van der Waals surface area contributed by atoms with E-state index in [9.17, 15) is 18.4 Å². The lowest BCUT2D eigenvalue weighted by Crippen LogP contribution is -2.31. The molecule has 0 saturated carbocycles. The smallest absolute Gasteiger partial charge is 0.283 e. The Morgan fingerprint density at radius 2 is 1.91 bits per heavy atom. The number of thioether (sulfide) groups is 1. The van der Waals surface area contributed by atoms with Crippen LogP contribution in [0.2, 0.25) is 0 Å². The predicted molar refractivity (Wildman–Crippen MR) is 121 cm³/mol. The highest BCUT2D eigenvalue weighted by Gasteiger charge is 2.32. The van der Waals surface area contributed by atoms with Gasteiger partial charge in [0.2, 0.25) is 5.91 Å². The van der Waals surface area contributed by atoms with Crippen LogP contribution in [0.1, 0.15) is 5.56 Å². The van der Waals surface area contributed by atoms with Gasteiger partial charge in [-0.25, -0.2) is 13.8 Å². The number of para-hydroxylation sites is 1. The van der Waals surface area contributed by atoms with E-state index in [1.54, 1.807) is 54.9 Å². The van der Waals surface area contributed by atoms with Gasteiger partial charge in [0.25, 0.3) is 5.91 Å². The van der Waals surface area contributed by atoms with E-state index in [-0.39, 0.29) is 23.0 Å². The molecular formula is C23H16F2N4O2S. The number of hydrogen-bond donors (Lipinski definition) is 1. The standard InChI is InChI=1S/C23H16F2N4O2S/c24-16-8-9-19(18(25)12-16)27-21(30)14-32-23-28-20(11-15-5-4-10-26-13-15)22(31)29(23)17-6-2-1-3-7-17/h1-13H,14H2,(H,27,30)/b20-11+. The third-order valence-corrected chi connectivity index (χ3v) is 5.31. The number of aromatic nitrogens is 1. The first-order valence-electron chi connectivity index (χ1n) is 9.49. The molecule has 0 bridgehead atoms. The minimum Gasteiger partial charge on any atom is -0.323 e. The van der Waals surface area contributed by atoms with Gasteiger partial charge in [-0.3, -0.25) is 19.5 Å². The average molecular weight is 450 g/mol. The van der Waals surface area contributed by atoms with E-state index in [0.29, 0.717) is 22.5 Å². The summed E-state index contributed by atoms with van der Waals surface area (Å²) in [7, 11) is 0. The molecular weight excluding hydrogens is 434 g/mol. The van der Waals surface area contributed by atoms with Crippen molar-refractivity contribution in [2.75, 3.05) is 16.0 Å². The minimum atomic E-state index is -0.871. The second kappa shape index (κ2) is 9.52. The second-order valence-corrected chi connectivity index (χ2v) is 7.59. The Labute approximate surface area is 186 Å². The summed E-state index contributed by atoms with van der Waals surface area (Å²) in [6.45, 7) is 0. The molecule has 0 saturated heterocycles. The van der Waals surface area contributed by atoms with Crippen LogP contribution in [0.25, 0.3) is 6.08 Å². The van der Waals surface area contributed by atoms with Gasteiger partial charge in [-0.2, -0.15) is 0 Å². The van der Waals surface area contributed by atoms with Crippen LogP contribution in [0.3, 0.4) is 0 Å². The molecule has 1 N–H and O–H groups in total. The summed E-state index contributed by atoms with van der Waals surface area (Å²) in [5.74, 6) is -2.60. The van der Waals surface area contributed by atoms with Crippen molar-refractivity contribution in [2.24, 2.45) is 4.99 Å². The Hall–Kier alpha value is -3.85. The number of halogens is 2. The van der Waals surface area contributed by atoms with E-state index in [4.69, 9.17) is 0 Å². The molecule has 160 valence electrons. The summed E-state index contributed by atoms with van der Waals surface area (Å²) >= 11 is 1.03. The van der Waals surface area contributed by atoms with Crippen molar-refractivity contribution in [2.45, 2.75) is 0 Å². The molecule has 0 aliphatic carbocycles. The fraction of sp³-hybridized carbons (Fsp3) is 0.0435. The zero-order valence-corrected chi connectivity index (χ0v) is 17.4. The maximum absolute atomic E-state index is 13.8. The number of anilines is 2. The lowest BCUT2D eigenvalue weighted by Gasteiger charge is -2.17. The molecule has 1 aromatic heterocycles. The van der Waals surface area contributed by atoms with Crippen LogP contribution >= 0.6 is 11.8 Å². The number of amides is 2. The number of hydrogen-bond acceptors (Lipinski definition) is 5. The molecule has 0 unspecified atom stereocenters. The third-order valence-electron chi connectivity index (χ3n) is 4.37. The van der Waals surface area contributed by atoms with Gasteiger partial charge in [-0.1, -0.05) is 36.0 Å². The van der Waals surface area contributed by atoms with Crippen LogP contribution in [0.4, 0.5) is 20.2 Å². The normalized spacial score (nSPS) is 14.6. The molecule has 3 aromatic rings. The van der Waals surface area contributed by atoms with Crippen LogP contribution in [-0.4, -0.2) is 27.7 Å². The Morgan fingerprint density at radius 3 is 2.62 bits per heavy atom. The van der Waals surface area contributed by atoms with Crippen molar-refractivity contribution in [3.63, 3.8) is 0 Å².